The highest BCUT2D eigenvalue weighted by Crippen LogP contribution is 2.26. The second-order valence-electron chi connectivity index (χ2n) is 6.55. The highest BCUT2D eigenvalue weighted by atomic mass is 35.5. The van der Waals surface area contributed by atoms with Gasteiger partial charge >= 0.3 is 0 Å². The molecule has 1 fully saturated rings. The summed E-state index contributed by atoms with van der Waals surface area (Å²) in [6.45, 7) is 5.51. The Morgan fingerprint density at radius 1 is 1.11 bits per heavy atom. The number of nitrogens with zero attached hydrogens (tertiary/aromatic N) is 3. The first kappa shape index (κ1) is 20.2. The zero-order chi connectivity index (χ0) is 19.4. The SMILES string of the molecule is CC(NC(=O)CN1CCN(c2ccc(Cl)cn2)CC1)c1ccc(Cl)cc1Cl. The van der Waals surface area contributed by atoms with Gasteiger partial charge in [0.2, 0.25) is 5.91 Å². The molecule has 1 aromatic heterocycles. The van der Waals surface area contributed by atoms with Gasteiger partial charge in [-0.2, -0.15) is 0 Å². The van der Waals surface area contributed by atoms with Crippen LogP contribution in [0.3, 0.4) is 0 Å². The molecule has 144 valence electrons. The molecule has 2 aromatic rings. The summed E-state index contributed by atoms with van der Waals surface area (Å²) in [5, 5.41) is 4.77. The molecule has 0 aliphatic carbocycles. The molecule has 1 amide bonds. The number of pyridine rings is 1. The van der Waals surface area contributed by atoms with Crippen molar-refractivity contribution in [2.75, 3.05) is 37.6 Å². The Bertz CT molecular complexity index is 792. The summed E-state index contributed by atoms with van der Waals surface area (Å²) >= 11 is 18.0. The Hall–Kier alpha value is -1.53. The summed E-state index contributed by atoms with van der Waals surface area (Å²) in [6, 6.07) is 8.88. The molecule has 1 aliphatic rings. The van der Waals surface area contributed by atoms with Gasteiger partial charge < -0.3 is 10.2 Å². The number of benzene rings is 1. The maximum atomic E-state index is 12.4. The fourth-order valence-corrected chi connectivity index (χ4v) is 3.79. The zero-order valence-electron chi connectivity index (χ0n) is 15.0. The van der Waals surface area contributed by atoms with Crippen molar-refractivity contribution >= 4 is 46.5 Å². The van der Waals surface area contributed by atoms with Crippen molar-refractivity contribution < 1.29 is 4.79 Å². The molecule has 8 heteroatoms. The van der Waals surface area contributed by atoms with Gasteiger partial charge in [0.05, 0.1) is 17.6 Å². The van der Waals surface area contributed by atoms with E-state index in [4.69, 9.17) is 34.8 Å². The Morgan fingerprint density at radius 3 is 2.44 bits per heavy atom. The monoisotopic (exact) mass is 426 g/mol. The summed E-state index contributed by atoms with van der Waals surface area (Å²) in [4.78, 5) is 21.1. The number of hydrogen-bond donors (Lipinski definition) is 1. The third kappa shape index (κ3) is 5.48. The average Bonchev–Trinajstić information content (AvgIpc) is 2.63. The van der Waals surface area contributed by atoms with E-state index in [9.17, 15) is 4.79 Å². The Morgan fingerprint density at radius 2 is 1.81 bits per heavy atom. The number of anilines is 1. The van der Waals surface area contributed by atoms with E-state index in [0.29, 0.717) is 21.6 Å². The van der Waals surface area contributed by atoms with Crippen LogP contribution in [0.2, 0.25) is 15.1 Å². The van der Waals surface area contributed by atoms with Crippen molar-refractivity contribution in [1.82, 2.24) is 15.2 Å². The number of carbonyl (C=O) groups is 1. The number of nitrogens with one attached hydrogen (secondary N) is 1. The first-order chi connectivity index (χ1) is 12.9. The Labute approximate surface area is 174 Å². The lowest BCUT2D eigenvalue weighted by Crippen LogP contribution is -2.49. The molecule has 1 unspecified atom stereocenters. The first-order valence-electron chi connectivity index (χ1n) is 8.75. The van der Waals surface area contributed by atoms with Gasteiger partial charge in [0.1, 0.15) is 5.82 Å². The van der Waals surface area contributed by atoms with Crippen molar-refractivity contribution in [3.63, 3.8) is 0 Å². The van der Waals surface area contributed by atoms with Crippen LogP contribution in [0, 0.1) is 0 Å². The van der Waals surface area contributed by atoms with Gasteiger partial charge in [0.15, 0.2) is 0 Å². The number of hydrogen-bond acceptors (Lipinski definition) is 4. The van der Waals surface area contributed by atoms with Crippen LogP contribution >= 0.6 is 34.8 Å². The molecule has 0 bridgehead atoms. The van der Waals surface area contributed by atoms with Gasteiger partial charge in [-0.15, -0.1) is 0 Å². The largest absolute Gasteiger partial charge is 0.354 e. The summed E-state index contributed by atoms with van der Waals surface area (Å²) in [7, 11) is 0. The molecule has 0 saturated carbocycles. The highest BCUT2D eigenvalue weighted by Gasteiger charge is 2.21. The third-order valence-electron chi connectivity index (χ3n) is 4.58. The predicted octanol–water partition coefficient (Wildman–Crippen LogP) is 4.04. The van der Waals surface area contributed by atoms with Crippen molar-refractivity contribution in [3.05, 3.63) is 57.2 Å². The summed E-state index contributed by atoms with van der Waals surface area (Å²) in [5.41, 5.74) is 0.855. The first-order valence-corrected chi connectivity index (χ1v) is 9.89. The quantitative estimate of drug-likeness (QED) is 0.782. The molecule has 0 radical (unpaired) electrons. The molecular weight excluding hydrogens is 407 g/mol. The predicted molar refractivity (Wildman–Crippen MR) is 111 cm³/mol. The van der Waals surface area contributed by atoms with Gasteiger partial charge in [0.25, 0.3) is 0 Å². The second kappa shape index (κ2) is 9.11. The molecule has 1 saturated heterocycles. The van der Waals surface area contributed by atoms with Crippen LogP contribution in [0.15, 0.2) is 36.5 Å². The number of carbonyl (C=O) groups excluding carboxylic acids is 1. The van der Waals surface area contributed by atoms with Crippen molar-refractivity contribution in [2.24, 2.45) is 0 Å². The molecule has 1 atom stereocenters. The fourth-order valence-electron chi connectivity index (χ4n) is 3.11. The van der Waals surface area contributed by atoms with E-state index >= 15 is 0 Å². The van der Waals surface area contributed by atoms with E-state index in [1.807, 2.05) is 25.1 Å². The van der Waals surface area contributed by atoms with E-state index in [2.05, 4.69) is 20.1 Å². The molecule has 1 aliphatic heterocycles. The maximum absolute atomic E-state index is 12.4. The normalized spacial score (nSPS) is 16.2. The minimum atomic E-state index is -0.179. The molecular formula is C19H21Cl3N4O. The smallest absolute Gasteiger partial charge is 0.234 e. The standard InChI is InChI=1S/C19H21Cl3N4O/c1-13(16-4-2-14(20)10-17(16)22)24-19(27)12-25-6-8-26(9-7-25)18-5-3-15(21)11-23-18/h2-5,10-11,13H,6-9,12H2,1H3,(H,24,27). The van der Waals surface area contributed by atoms with Crippen LogP contribution < -0.4 is 10.2 Å². The van der Waals surface area contributed by atoms with Crippen LogP contribution in [0.5, 0.6) is 0 Å². The number of amides is 1. The minimum Gasteiger partial charge on any atom is -0.354 e. The fraction of sp³-hybridized carbons (Fsp3) is 0.368. The lowest BCUT2D eigenvalue weighted by atomic mass is 10.1. The molecule has 3 rings (SSSR count). The minimum absolute atomic E-state index is 0.0217. The number of aromatic nitrogens is 1. The van der Waals surface area contributed by atoms with Gasteiger partial charge in [-0.1, -0.05) is 40.9 Å². The van der Waals surface area contributed by atoms with Gasteiger partial charge in [-0.05, 0) is 36.8 Å². The van der Waals surface area contributed by atoms with E-state index in [0.717, 1.165) is 37.6 Å². The van der Waals surface area contributed by atoms with Crippen molar-refractivity contribution in [1.29, 1.82) is 0 Å². The van der Waals surface area contributed by atoms with Crippen molar-refractivity contribution in [2.45, 2.75) is 13.0 Å². The maximum Gasteiger partial charge on any atom is 0.234 e. The van der Waals surface area contributed by atoms with Crippen LogP contribution in [0.25, 0.3) is 0 Å². The summed E-state index contributed by atoms with van der Waals surface area (Å²) < 4.78 is 0. The summed E-state index contributed by atoms with van der Waals surface area (Å²) in [6.07, 6.45) is 1.65. The molecule has 1 N–H and O–H groups in total. The van der Waals surface area contributed by atoms with E-state index in [1.54, 1.807) is 18.3 Å². The van der Waals surface area contributed by atoms with Gasteiger partial charge in [0, 0.05) is 42.4 Å². The lowest BCUT2D eigenvalue weighted by molar-refractivity contribution is -0.123. The van der Waals surface area contributed by atoms with Crippen molar-refractivity contribution in [3.8, 4) is 0 Å². The third-order valence-corrected chi connectivity index (χ3v) is 5.37. The van der Waals surface area contributed by atoms with Gasteiger partial charge in [-0.3, -0.25) is 9.69 Å². The van der Waals surface area contributed by atoms with E-state index in [-0.39, 0.29) is 11.9 Å². The average molecular weight is 428 g/mol. The van der Waals surface area contributed by atoms with Gasteiger partial charge in [-0.25, -0.2) is 4.98 Å². The van der Waals surface area contributed by atoms with E-state index < -0.39 is 0 Å². The second-order valence-corrected chi connectivity index (χ2v) is 7.83. The molecule has 5 nitrogen and oxygen atoms in total. The number of piperazine rings is 1. The topological polar surface area (TPSA) is 48.5 Å². The van der Waals surface area contributed by atoms with Crippen LogP contribution in [0.1, 0.15) is 18.5 Å². The van der Waals surface area contributed by atoms with Crippen LogP contribution in [0.4, 0.5) is 5.82 Å². The Balaban J connectivity index is 1.48. The number of halogens is 3. The molecule has 2 heterocycles. The van der Waals surface area contributed by atoms with E-state index in [1.165, 1.54) is 0 Å². The lowest BCUT2D eigenvalue weighted by Gasteiger charge is -2.35. The zero-order valence-corrected chi connectivity index (χ0v) is 17.2. The molecule has 27 heavy (non-hydrogen) atoms. The number of rotatable bonds is 5. The van der Waals surface area contributed by atoms with Crippen LogP contribution in [-0.2, 0) is 4.79 Å². The van der Waals surface area contributed by atoms with Crippen LogP contribution in [-0.4, -0.2) is 48.5 Å². The highest BCUT2D eigenvalue weighted by molar-refractivity contribution is 6.35. The molecule has 0 spiro atoms. The Kier molecular flexibility index (Phi) is 6.82. The molecule has 1 aromatic carbocycles. The summed E-state index contributed by atoms with van der Waals surface area (Å²) in [5.74, 6) is 0.890.